The van der Waals surface area contributed by atoms with Gasteiger partial charge in [-0.1, -0.05) is 6.92 Å². The summed E-state index contributed by atoms with van der Waals surface area (Å²) in [5, 5.41) is 0. The Labute approximate surface area is 106 Å². The van der Waals surface area contributed by atoms with Crippen molar-refractivity contribution in [2.75, 3.05) is 39.3 Å². The van der Waals surface area contributed by atoms with Crippen molar-refractivity contribution in [3.63, 3.8) is 0 Å². The zero-order valence-electron chi connectivity index (χ0n) is 11.4. The van der Waals surface area contributed by atoms with Gasteiger partial charge in [0.25, 0.3) is 0 Å². The van der Waals surface area contributed by atoms with Crippen LogP contribution in [0.25, 0.3) is 0 Å². The smallest absolute Gasteiger partial charge is 0.0120 e. The number of hydrogen-bond acceptors (Lipinski definition) is 3. The van der Waals surface area contributed by atoms with Gasteiger partial charge in [-0.15, -0.1) is 0 Å². The van der Waals surface area contributed by atoms with Crippen LogP contribution >= 0.6 is 0 Å². The van der Waals surface area contributed by atoms with Crippen molar-refractivity contribution < 1.29 is 0 Å². The van der Waals surface area contributed by atoms with Gasteiger partial charge in [-0.25, -0.2) is 0 Å². The van der Waals surface area contributed by atoms with Crippen LogP contribution in [0.3, 0.4) is 0 Å². The normalized spacial score (nSPS) is 29.6. The van der Waals surface area contributed by atoms with E-state index in [9.17, 15) is 0 Å². The molecule has 2 fully saturated rings. The molecule has 0 saturated carbocycles. The molecule has 0 bridgehead atoms. The lowest BCUT2D eigenvalue weighted by atomic mass is 9.94. The summed E-state index contributed by atoms with van der Waals surface area (Å²) in [6.45, 7) is 9.64. The third-order valence-corrected chi connectivity index (χ3v) is 4.50. The number of piperidine rings is 2. The molecule has 2 saturated heterocycles. The van der Waals surface area contributed by atoms with Gasteiger partial charge in [0.05, 0.1) is 0 Å². The second-order valence-electron chi connectivity index (χ2n) is 5.81. The Morgan fingerprint density at radius 3 is 2.53 bits per heavy atom. The van der Waals surface area contributed by atoms with Gasteiger partial charge >= 0.3 is 0 Å². The van der Waals surface area contributed by atoms with Gasteiger partial charge in [0.15, 0.2) is 0 Å². The van der Waals surface area contributed by atoms with Gasteiger partial charge in [0.2, 0.25) is 0 Å². The molecule has 2 aliphatic heterocycles. The Bertz CT molecular complexity index is 212. The monoisotopic (exact) mass is 239 g/mol. The summed E-state index contributed by atoms with van der Waals surface area (Å²) >= 11 is 0. The second-order valence-corrected chi connectivity index (χ2v) is 5.81. The molecule has 2 N–H and O–H groups in total. The van der Waals surface area contributed by atoms with Crippen LogP contribution in [0.4, 0.5) is 0 Å². The van der Waals surface area contributed by atoms with Crippen LogP contribution in [0.5, 0.6) is 0 Å². The van der Waals surface area contributed by atoms with Crippen molar-refractivity contribution >= 4 is 0 Å². The van der Waals surface area contributed by atoms with Gasteiger partial charge < -0.3 is 10.6 Å². The highest BCUT2D eigenvalue weighted by Crippen LogP contribution is 2.23. The molecular weight excluding hydrogens is 210 g/mol. The van der Waals surface area contributed by atoms with Gasteiger partial charge in [0.1, 0.15) is 0 Å². The lowest BCUT2D eigenvalue weighted by Gasteiger charge is -2.42. The van der Waals surface area contributed by atoms with Crippen molar-refractivity contribution in [2.24, 2.45) is 11.7 Å². The Hall–Kier alpha value is -0.120. The lowest BCUT2D eigenvalue weighted by molar-refractivity contribution is 0.0733. The first-order valence-electron chi connectivity index (χ1n) is 7.50. The minimum atomic E-state index is 0.762. The van der Waals surface area contributed by atoms with Gasteiger partial charge in [-0.2, -0.15) is 0 Å². The van der Waals surface area contributed by atoms with Crippen LogP contribution in [0.1, 0.15) is 39.0 Å². The summed E-state index contributed by atoms with van der Waals surface area (Å²) < 4.78 is 0. The molecule has 17 heavy (non-hydrogen) atoms. The maximum Gasteiger partial charge on any atom is 0.0120 e. The number of likely N-dealkylation sites (tertiary alicyclic amines) is 2. The van der Waals surface area contributed by atoms with Crippen LogP contribution in [-0.2, 0) is 0 Å². The Kier molecular flexibility index (Phi) is 5.26. The third-order valence-electron chi connectivity index (χ3n) is 4.50. The van der Waals surface area contributed by atoms with Crippen LogP contribution < -0.4 is 5.73 Å². The highest BCUT2D eigenvalue weighted by Gasteiger charge is 2.27. The fourth-order valence-electron chi connectivity index (χ4n) is 3.45. The highest BCUT2D eigenvalue weighted by molar-refractivity contribution is 4.83. The second kappa shape index (κ2) is 6.72. The fraction of sp³-hybridized carbons (Fsp3) is 1.00. The molecular formula is C14H29N3. The highest BCUT2D eigenvalue weighted by atomic mass is 15.2. The molecule has 0 aromatic heterocycles. The van der Waals surface area contributed by atoms with Crippen LogP contribution in [0, 0.1) is 5.92 Å². The van der Waals surface area contributed by atoms with Crippen molar-refractivity contribution in [3.8, 4) is 0 Å². The SMILES string of the molecule is CCCN1CCC(N2CCCC(CN)C2)CC1. The number of hydrogen-bond donors (Lipinski definition) is 1. The zero-order chi connectivity index (χ0) is 12.1. The van der Waals surface area contributed by atoms with E-state index in [1.807, 2.05) is 0 Å². The third kappa shape index (κ3) is 3.67. The molecule has 0 spiro atoms. The van der Waals surface area contributed by atoms with Crippen molar-refractivity contribution in [2.45, 2.75) is 45.1 Å². The van der Waals surface area contributed by atoms with Crippen molar-refractivity contribution in [1.82, 2.24) is 9.80 Å². The minimum Gasteiger partial charge on any atom is -0.330 e. The van der Waals surface area contributed by atoms with E-state index in [4.69, 9.17) is 5.73 Å². The quantitative estimate of drug-likeness (QED) is 0.807. The Balaban J connectivity index is 1.76. The van der Waals surface area contributed by atoms with Crippen LogP contribution in [-0.4, -0.2) is 55.1 Å². The summed E-state index contributed by atoms with van der Waals surface area (Å²) in [5.41, 5.74) is 5.82. The molecule has 0 aromatic rings. The van der Waals surface area contributed by atoms with E-state index in [1.165, 1.54) is 64.8 Å². The van der Waals surface area contributed by atoms with Gasteiger partial charge in [0, 0.05) is 12.6 Å². The largest absolute Gasteiger partial charge is 0.330 e. The van der Waals surface area contributed by atoms with Crippen molar-refractivity contribution in [3.05, 3.63) is 0 Å². The van der Waals surface area contributed by atoms with Crippen LogP contribution in [0.15, 0.2) is 0 Å². The maximum absolute atomic E-state index is 5.82. The fourth-order valence-corrected chi connectivity index (χ4v) is 3.45. The molecule has 0 amide bonds. The molecule has 3 heteroatoms. The first-order chi connectivity index (χ1) is 8.33. The summed E-state index contributed by atoms with van der Waals surface area (Å²) in [4.78, 5) is 5.35. The molecule has 1 unspecified atom stereocenters. The molecule has 0 aliphatic carbocycles. The van der Waals surface area contributed by atoms with Gasteiger partial charge in [-0.05, 0) is 70.7 Å². The number of nitrogens with two attached hydrogens (primary N) is 1. The number of rotatable bonds is 4. The molecule has 1 atom stereocenters. The topological polar surface area (TPSA) is 32.5 Å². The summed E-state index contributed by atoms with van der Waals surface area (Å²) in [7, 11) is 0. The Morgan fingerprint density at radius 2 is 1.88 bits per heavy atom. The van der Waals surface area contributed by atoms with E-state index in [0.29, 0.717) is 0 Å². The summed E-state index contributed by atoms with van der Waals surface area (Å²) in [5.74, 6) is 0.762. The van der Waals surface area contributed by atoms with E-state index < -0.39 is 0 Å². The molecule has 3 nitrogen and oxygen atoms in total. The van der Waals surface area contributed by atoms with E-state index in [2.05, 4.69) is 16.7 Å². The first kappa shape index (κ1) is 13.3. The van der Waals surface area contributed by atoms with E-state index >= 15 is 0 Å². The standard InChI is InChI=1S/C14H29N3/c1-2-7-16-9-5-14(6-10-16)17-8-3-4-13(11-15)12-17/h13-14H,2-12,15H2,1H3. The predicted octanol–water partition coefficient (Wildman–Crippen LogP) is 1.53. The van der Waals surface area contributed by atoms with Gasteiger partial charge in [-0.3, -0.25) is 4.90 Å². The maximum atomic E-state index is 5.82. The number of nitrogens with zero attached hydrogens (tertiary/aromatic N) is 2. The first-order valence-corrected chi connectivity index (χ1v) is 7.50. The molecule has 0 aromatic carbocycles. The predicted molar refractivity (Wildman–Crippen MR) is 73.1 cm³/mol. The average Bonchev–Trinajstić information content (AvgIpc) is 2.40. The van der Waals surface area contributed by atoms with E-state index in [1.54, 1.807) is 0 Å². The molecule has 2 aliphatic rings. The summed E-state index contributed by atoms with van der Waals surface area (Å²) in [6.07, 6.45) is 6.75. The van der Waals surface area contributed by atoms with E-state index in [-0.39, 0.29) is 0 Å². The minimum absolute atomic E-state index is 0.762. The van der Waals surface area contributed by atoms with Crippen molar-refractivity contribution in [1.29, 1.82) is 0 Å². The Morgan fingerprint density at radius 1 is 1.12 bits per heavy atom. The molecule has 0 radical (unpaired) electrons. The van der Waals surface area contributed by atoms with Crippen LogP contribution in [0.2, 0.25) is 0 Å². The average molecular weight is 239 g/mol. The molecule has 2 rings (SSSR count). The lowest BCUT2D eigenvalue weighted by Crippen LogP contribution is -2.49. The molecule has 100 valence electrons. The van der Waals surface area contributed by atoms with E-state index in [0.717, 1.165) is 18.5 Å². The molecule has 2 heterocycles. The zero-order valence-corrected chi connectivity index (χ0v) is 11.4. The summed E-state index contributed by atoms with van der Waals surface area (Å²) in [6, 6.07) is 0.845.